The largest absolute Gasteiger partial charge is 0.493 e. The van der Waals surface area contributed by atoms with Gasteiger partial charge in [-0.1, -0.05) is 48.3 Å². The standard InChI is InChI=1S/C22H28Cl2N2O2/c1-3-26-11-5-7-19(26)14-25-13-16-6-4-8-21(27-2)22(16)28-15-17-9-10-18(23)12-20(17)24/h4,6,8-10,12,19,25H,3,5,7,11,13-15H2,1-2H3/t19-/m0/s1. The van der Waals surface area contributed by atoms with Crippen LogP contribution in [-0.4, -0.2) is 37.7 Å². The van der Waals surface area contributed by atoms with Crippen molar-refractivity contribution in [1.29, 1.82) is 0 Å². The second kappa shape index (κ2) is 10.4. The molecule has 0 amide bonds. The molecule has 6 heteroatoms. The highest BCUT2D eigenvalue weighted by molar-refractivity contribution is 6.35. The number of likely N-dealkylation sites (tertiary alicyclic amines) is 1. The highest BCUT2D eigenvalue weighted by atomic mass is 35.5. The first-order valence-electron chi connectivity index (χ1n) is 9.79. The molecule has 0 radical (unpaired) electrons. The molecule has 1 aliphatic rings. The van der Waals surface area contributed by atoms with Crippen molar-refractivity contribution in [1.82, 2.24) is 10.2 Å². The van der Waals surface area contributed by atoms with Gasteiger partial charge in [0.25, 0.3) is 0 Å². The maximum Gasteiger partial charge on any atom is 0.166 e. The van der Waals surface area contributed by atoms with Gasteiger partial charge in [0.05, 0.1) is 7.11 Å². The van der Waals surface area contributed by atoms with E-state index in [4.69, 9.17) is 32.7 Å². The fourth-order valence-electron chi connectivity index (χ4n) is 3.73. The number of nitrogens with one attached hydrogen (secondary N) is 1. The molecule has 1 atom stereocenters. The normalized spacial score (nSPS) is 17.1. The number of ether oxygens (including phenoxy) is 2. The van der Waals surface area contributed by atoms with Gasteiger partial charge in [0.1, 0.15) is 6.61 Å². The van der Waals surface area contributed by atoms with E-state index >= 15 is 0 Å². The minimum Gasteiger partial charge on any atom is -0.493 e. The molecule has 0 aliphatic carbocycles. The van der Waals surface area contributed by atoms with E-state index in [0.717, 1.165) is 42.3 Å². The van der Waals surface area contributed by atoms with Crippen LogP contribution >= 0.6 is 23.2 Å². The average molecular weight is 423 g/mol. The van der Waals surface area contributed by atoms with Crippen LogP contribution in [-0.2, 0) is 13.2 Å². The molecule has 2 aromatic rings. The number of rotatable bonds is 9. The molecule has 1 fully saturated rings. The van der Waals surface area contributed by atoms with Gasteiger partial charge in [-0.05, 0) is 44.1 Å². The van der Waals surface area contributed by atoms with Gasteiger partial charge >= 0.3 is 0 Å². The van der Waals surface area contributed by atoms with Crippen LogP contribution in [0.5, 0.6) is 11.5 Å². The second-order valence-corrected chi connectivity index (χ2v) is 7.87. The smallest absolute Gasteiger partial charge is 0.166 e. The third-order valence-corrected chi connectivity index (χ3v) is 5.86. The summed E-state index contributed by atoms with van der Waals surface area (Å²) in [5, 5.41) is 4.81. The Morgan fingerprint density at radius 3 is 2.79 bits per heavy atom. The van der Waals surface area contributed by atoms with Crippen LogP contribution < -0.4 is 14.8 Å². The van der Waals surface area contributed by atoms with Gasteiger partial charge in [0.15, 0.2) is 11.5 Å². The van der Waals surface area contributed by atoms with Gasteiger partial charge < -0.3 is 14.8 Å². The number of para-hydroxylation sites is 1. The van der Waals surface area contributed by atoms with E-state index in [1.54, 1.807) is 13.2 Å². The van der Waals surface area contributed by atoms with E-state index in [-0.39, 0.29) is 0 Å². The van der Waals surface area contributed by atoms with Crippen molar-refractivity contribution in [2.24, 2.45) is 0 Å². The van der Waals surface area contributed by atoms with Gasteiger partial charge in [-0.2, -0.15) is 0 Å². The van der Waals surface area contributed by atoms with Crippen LogP contribution in [0.25, 0.3) is 0 Å². The Hall–Kier alpha value is -1.46. The van der Waals surface area contributed by atoms with E-state index in [1.165, 1.54) is 19.4 Å². The lowest BCUT2D eigenvalue weighted by molar-refractivity contribution is 0.258. The number of hydrogen-bond acceptors (Lipinski definition) is 4. The van der Waals surface area contributed by atoms with Gasteiger partial charge in [0.2, 0.25) is 0 Å². The first-order valence-corrected chi connectivity index (χ1v) is 10.5. The number of hydrogen-bond donors (Lipinski definition) is 1. The summed E-state index contributed by atoms with van der Waals surface area (Å²) in [6.45, 7) is 6.62. The molecule has 0 unspecified atom stereocenters. The molecule has 0 aromatic heterocycles. The monoisotopic (exact) mass is 422 g/mol. The number of benzene rings is 2. The highest BCUT2D eigenvalue weighted by Crippen LogP contribution is 2.33. The molecule has 0 spiro atoms. The summed E-state index contributed by atoms with van der Waals surface area (Å²) in [6.07, 6.45) is 2.55. The number of likely N-dealkylation sites (N-methyl/N-ethyl adjacent to an activating group) is 1. The first-order chi connectivity index (χ1) is 13.6. The maximum atomic E-state index is 6.28. The first kappa shape index (κ1) is 21.3. The highest BCUT2D eigenvalue weighted by Gasteiger charge is 2.22. The fourth-order valence-corrected chi connectivity index (χ4v) is 4.19. The zero-order valence-electron chi connectivity index (χ0n) is 16.5. The topological polar surface area (TPSA) is 33.7 Å². The Kier molecular flexibility index (Phi) is 7.86. The van der Waals surface area contributed by atoms with E-state index in [9.17, 15) is 0 Å². The van der Waals surface area contributed by atoms with E-state index in [0.29, 0.717) is 22.7 Å². The summed E-state index contributed by atoms with van der Waals surface area (Å²) in [6, 6.07) is 12.0. The Morgan fingerprint density at radius 1 is 1.18 bits per heavy atom. The van der Waals surface area contributed by atoms with Gasteiger partial charge in [0, 0.05) is 40.3 Å². The van der Waals surface area contributed by atoms with Crippen molar-refractivity contribution in [3.8, 4) is 11.5 Å². The summed E-state index contributed by atoms with van der Waals surface area (Å²) in [7, 11) is 1.66. The SMILES string of the molecule is CCN1CCC[C@H]1CNCc1cccc(OC)c1OCc1ccc(Cl)cc1Cl. The summed E-state index contributed by atoms with van der Waals surface area (Å²) < 4.78 is 11.7. The van der Waals surface area contributed by atoms with Gasteiger partial charge in [-0.25, -0.2) is 0 Å². The van der Waals surface area contributed by atoms with Gasteiger partial charge in [-0.3, -0.25) is 4.90 Å². The Bertz CT molecular complexity index is 785. The molecule has 28 heavy (non-hydrogen) atoms. The molecule has 1 N–H and O–H groups in total. The van der Waals surface area contributed by atoms with E-state index in [2.05, 4.69) is 23.2 Å². The molecule has 2 aromatic carbocycles. The minimum atomic E-state index is 0.357. The molecular formula is C22H28Cl2N2O2. The second-order valence-electron chi connectivity index (χ2n) is 7.03. The van der Waals surface area contributed by atoms with Crippen LogP contribution in [0.1, 0.15) is 30.9 Å². The summed E-state index contributed by atoms with van der Waals surface area (Å²) in [5.74, 6) is 1.47. The molecule has 1 heterocycles. The summed E-state index contributed by atoms with van der Waals surface area (Å²) >= 11 is 12.3. The van der Waals surface area contributed by atoms with E-state index < -0.39 is 0 Å². The zero-order chi connectivity index (χ0) is 19.9. The maximum absolute atomic E-state index is 6.28. The molecular weight excluding hydrogens is 395 g/mol. The Balaban J connectivity index is 1.66. The number of methoxy groups -OCH3 is 1. The van der Waals surface area contributed by atoms with Crippen molar-refractivity contribution >= 4 is 23.2 Å². The molecule has 152 valence electrons. The summed E-state index contributed by atoms with van der Waals surface area (Å²) in [5.41, 5.74) is 1.96. The van der Waals surface area contributed by atoms with Crippen LogP contribution in [0.2, 0.25) is 10.0 Å². The molecule has 4 nitrogen and oxygen atoms in total. The predicted molar refractivity (Wildman–Crippen MR) is 116 cm³/mol. The molecule has 0 saturated carbocycles. The van der Waals surface area contributed by atoms with Crippen molar-refractivity contribution < 1.29 is 9.47 Å². The van der Waals surface area contributed by atoms with Crippen LogP contribution in [0.3, 0.4) is 0 Å². The summed E-state index contributed by atoms with van der Waals surface area (Å²) in [4.78, 5) is 2.54. The average Bonchev–Trinajstić information content (AvgIpc) is 3.15. The van der Waals surface area contributed by atoms with Crippen LogP contribution in [0.4, 0.5) is 0 Å². The molecule has 1 aliphatic heterocycles. The van der Waals surface area contributed by atoms with Crippen molar-refractivity contribution in [3.63, 3.8) is 0 Å². The Labute approximate surface area is 177 Å². The van der Waals surface area contributed by atoms with Crippen molar-refractivity contribution in [2.45, 2.75) is 39.0 Å². The lowest BCUT2D eigenvalue weighted by atomic mass is 10.1. The van der Waals surface area contributed by atoms with Gasteiger partial charge in [-0.15, -0.1) is 0 Å². The predicted octanol–water partition coefficient (Wildman–Crippen LogP) is 5.15. The molecule has 1 saturated heterocycles. The van der Waals surface area contributed by atoms with Crippen molar-refractivity contribution in [3.05, 3.63) is 57.6 Å². The molecule has 3 rings (SSSR count). The zero-order valence-corrected chi connectivity index (χ0v) is 18.0. The lowest BCUT2D eigenvalue weighted by Gasteiger charge is -2.23. The quantitative estimate of drug-likeness (QED) is 0.605. The van der Waals surface area contributed by atoms with E-state index in [1.807, 2.05) is 24.3 Å². The van der Waals surface area contributed by atoms with Crippen LogP contribution in [0, 0.1) is 0 Å². The van der Waals surface area contributed by atoms with Crippen LogP contribution in [0.15, 0.2) is 36.4 Å². The Morgan fingerprint density at radius 2 is 2.04 bits per heavy atom. The third kappa shape index (κ3) is 5.32. The molecule has 0 bridgehead atoms. The minimum absolute atomic E-state index is 0.357. The number of halogens is 2. The third-order valence-electron chi connectivity index (χ3n) is 5.27. The van der Waals surface area contributed by atoms with Crippen molar-refractivity contribution in [2.75, 3.05) is 26.7 Å². The number of nitrogens with zero attached hydrogens (tertiary/aromatic N) is 1. The fraction of sp³-hybridized carbons (Fsp3) is 0.455. The lowest BCUT2D eigenvalue weighted by Crippen LogP contribution is -2.37.